The Morgan fingerprint density at radius 1 is 1.15 bits per heavy atom. The fraction of sp³-hybridized carbons (Fsp3) is 0.350. The van der Waals surface area contributed by atoms with Crippen molar-refractivity contribution in [1.82, 2.24) is 19.7 Å². The highest BCUT2D eigenvalue weighted by Gasteiger charge is 2.17. The van der Waals surface area contributed by atoms with Gasteiger partial charge in [0.2, 0.25) is 11.8 Å². The average Bonchev–Trinajstić information content (AvgIpc) is 3.05. The van der Waals surface area contributed by atoms with Crippen LogP contribution < -0.4 is 9.64 Å². The number of anilines is 1. The van der Waals surface area contributed by atoms with Crippen LogP contribution in [0.5, 0.6) is 5.88 Å². The van der Waals surface area contributed by atoms with Gasteiger partial charge in [0.15, 0.2) is 0 Å². The third-order valence-electron chi connectivity index (χ3n) is 4.32. The summed E-state index contributed by atoms with van der Waals surface area (Å²) in [5, 5.41) is 9.38. The second-order valence-electron chi connectivity index (χ2n) is 6.32. The highest BCUT2D eigenvalue weighted by atomic mass is 35.5. The number of benzene rings is 1. The zero-order valence-corrected chi connectivity index (χ0v) is 16.6. The Bertz CT molecular complexity index is 851. The van der Waals surface area contributed by atoms with Gasteiger partial charge in [-0.15, -0.1) is 10.2 Å². The van der Waals surface area contributed by atoms with Crippen LogP contribution in [-0.4, -0.2) is 38.9 Å². The van der Waals surface area contributed by atoms with E-state index in [1.54, 1.807) is 6.20 Å². The summed E-state index contributed by atoms with van der Waals surface area (Å²) in [5.74, 6) is 2.30. The Morgan fingerprint density at radius 3 is 2.59 bits per heavy atom. The molecule has 2 heterocycles. The van der Waals surface area contributed by atoms with Crippen molar-refractivity contribution in [3.63, 3.8) is 0 Å². The van der Waals surface area contributed by atoms with Gasteiger partial charge in [0.05, 0.1) is 11.8 Å². The number of nitrogens with zero attached hydrogens (tertiary/aromatic N) is 5. The summed E-state index contributed by atoms with van der Waals surface area (Å²) in [6.07, 6.45) is 2.62. The predicted octanol–water partition coefficient (Wildman–Crippen LogP) is 4.31. The minimum absolute atomic E-state index is 0.0435. The van der Waals surface area contributed by atoms with Crippen LogP contribution in [0.15, 0.2) is 48.7 Å². The van der Waals surface area contributed by atoms with Crippen molar-refractivity contribution in [1.29, 1.82) is 0 Å². The molecule has 142 valence electrons. The van der Waals surface area contributed by atoms with E-state index in [1.165, 1.54) is 0 Å². The van der Waals surface area contributed by atoms with E-state index < -0.39 is 0 Å². The van der Waals surface area contributed by atoms with E-state index >= 15 is 0 Å². The van der Waals surface area contributed by atoms with E-state index in [1.807, 2.05) is 54.0 Å². The van der Waals surface area contributed by atoms with Gasteiger partial charge in [0, 0.05) is 36.8 Å². The predicted molar refractivity (Wildman–Crippen MR) is 108 cm³/mol. The van der Waals surface area contributed by atoms with E-state index in [0.29, 0.717) is 10.9 Å². The molecule has 0 fully saturated rings. The van der Waals surface area contributed by atoms with Crippen molar-refractivity contribution < 1.29 is 4.74 Å². The molecule has 0 spiro atoms. The van der Waals surface area contributed by atoms with Crippen LogP contribution >= 0.6 is 11.6 Å². The lowest BCUT2D eigenvalue weighted by Gasteiger charge is -2.24. The molecule has 7 heteroatoms. The smallest absolute Gasteiger partial charge is 0.231 e. The van der Waals surface area contributed by atoms with Crippen LogP contribution in [0.3, 0.4) is 0 Å². The van der Waals surface area contributed by atoms with Gasteiger partial charge < -0.3 is 9.64 Å². The van der Waals surface area contributed by atoms with Crippen LogP contribution in [0.1, 0.15) is 26.1 Å². The Balaban J connectivity index is 1.71. The molecule has 3 rings (SSSR count). The van der Waals surface area contributed by atoms with E-state index in [2.05, 4.69) is 33.9 Å². The number of aryl methyl sites for hydroxylation is 1. The molecule has 0 saturated heterocycles. The number of hydrogen-bond donors (Lipinski definition) is 0. The third-order valence-corrected chi connectivity index (χ3v) is 4.57. The summed E-state index contributed by atoms with van der Waals surface area (Å²) in [4.78, 5) is 6.42. The molecule has 0 N–H and O–H groups in total. The van der Waals surface area contributed by atoms with Crippen LogP contribution in [-0.2, 0) is 0 Å². The number of aromatic nitrogens is 4. The van der Waals surface area contributed by atoms with Crippen LogP contribution in [0.2, 0.25) is 5.02 Å². The van der Waals surface area contributed by atoms with Crippen molar-refractivity contribution in [2.24, 2.45) is 0 Å². The van der Waals surface area contributed by atoms with Gasteiger partial charge in [-0.2, -0.15) is 0 Å². The molecule has 6 nitrogen and oxygen atoms in total. The maximum Gasteiger partial charge on any atom is 0.231 e. The van der Waals surface area contributed by atoms with Crippen LogP contribution in [0.25, 0.3) is 5.69 Å². The number of hydrogen-bond acceptors (Lipinski definition) is 5. The zero-order chi connectivity index (χ0) is 19.2. The molecule has 1 aromatic carbocycles. The minimum Gasteiger partial charge on any atom is -0.475 e. The van der Waals surface area contributed by atoms with Gasteiger partial charge in [0.1, 0.15) is 5.82 Å². The fourth-order valence-corrected chi connectivity index (χ4v) is 2.99. The van der Waals surface area contributed by atoms with Gasteiger partial charge in [-0.3, -0.25) is 4.57 Å². The first-order valence-corrected chi connectivity index (χ1v) is 9.47. The van der Waals surface area contributed by atoms with Gasteiger partial charge in [-0.25, -0.2) is 4.98 Å². The number of ether oxygens (including phenoxy) is 1. The van der Waals surface area contributed by atoms with Crippen molar-refractivity contribution in [3.8, 4) is 11.6 Å². The molecule has 2 aromatic heterocycles. The Kier molecular flexibility index (Phi) is 6.29. The van der Waals surface area contributed by atoms with Crippen LogP contribution in [0, 0.1) is 6.92 Å². The van der Waals surface area contributed by atoms with Gasteiger partial charge in [-0.1, -0.05) is 17.7 Å². The summed E-state index contributed by atoms with van der Waals surface area (Å²) >= 11 is 6.02. The van der Waals surface area contributed by atoms with Crippen molar-refractivity contribution in [2.75, 3.05) is 18.0 Å². The maximum absolute atomic E-state index is 6.02. The van der Waals surface area contributed by atoms with Crippen molar-refractivity contribution >= 4 is 17.5 Å². The lowest BCUT2D eigenvalue weighted by atomic mass is 10.2. The topological polar surface area (TPSA) is 56.1 Å². The summed E-state index contributed by atoms with van der Waals surface area (Å²) < 4.78 is 7.93. The molecule has 0 aliphatic carbocycles. The second-order valence-corrected chi connectivity index (χ2v) is 6.76. The molecule has 1 atom stereocenters. The Hall–Kier alpha value is -2.60. The molecule has 0 amide bonds. The normalized spacial score (nSPS) is 12.0. The quantitative estimate of drug-likeness (QED) is 0.578. The molecule has 0 saturated carbocycles. The van der Waals surface area contributed by atoms with Crippen LogP contribution in [0.4, 0.5) is 5.95 Å². The largest absolute Gasteiger partial charge is 0.475 e. The summed E-state index contributed by atoms with van der Waals surface area (Å²) in [6, 6.07) is 13.4. The van der Waals surface area contributed by atoms with Crippen molar-refractivity contribution in [3.05, 3.63) is 59.5 Å². The molecule has 3 aromatic rings. The van der Waals surface area contributed by atoms with Gasteiger partial charge in [0.25, 0.3) is 0 Å². The molecular weight excluding hydrogens is 362 g/mol. The number of pyridine rings is 1. The highest BCUT2D eigenvalue weighted by molar-refractivity contribution is 6.30. The van der Waals surface area contributed by atoms with E-state index in [-0.39, 0.29) is 6.10 Å². The molecular formula is C20H24ClN5O. The van der Waals surface area contributed by atoms with E-state index in [9.17, 15) is 0 Å². The molecule has 0 bridgehead atoms. The standard InChI is InChI=1S/C20H24ClN5O/c1-4-25(14-12-15(2)27-19-7-5-6-13-22-19)20-24-23-16(3)26(20)18-10-8-17(21)9-11-18/h5-11,13,15H,4,12,14H2,1-3H3. The zero-order valence-electron chi connectivity index (χ0n) is 15.8. The molecule has 0 radical (unpaired) electrons. The molecule has 0 aliphatic heterocycles. The molecule has 1 unspecified atom stereocenters. The maximum atomic E-state index is 6.02. The lowest BCUT2D eigenvalue weighted by molar-refractivity contribution is 0.204. The lowest BCUT2D eigenvalue weighted by Crippen LogP contribution is -2.30. The van der Waals surface area contributed by atoms with Gasteiger partial charge in [-0.05, 0) is 51.1 Å². The SMILES string of the molecule is CCN(CCC(C)Oc1ccccn1)c1nnc(C)n1-c1ccc(Cl)cc1. The van der Waals surface area contributed by atoms with Crippen molar-refractivity contribution in [2.45, 2.75) is 33.3 Å². The second kappa shape index (κ2) is 8.86. The van der Waals surface area contributed by atoms with E-state index in [4.69, 9.17) is 16.3 Å². The van der Waals surface area contributed by atoms with E-state index in [0.717, 1.165) is 37.0 Å². The Morgan fingerprint density at radius 2 is 1.93 bits per heavy atom. The highest BCUT2D eigenvalue weighted by Crippen LogP contribution is 2.22. The number of halogens is 1. The summed E-state index contributed by atoms with van der Waals surface area (Å²) in [7, 11) is 0. The first-order chi connectivity index (χ1) is 13.1. The first-order valence-electron chi connectivity index (χ1n) is 9.09. The monoisotopic (exact) mass is 385 g/mol. The molecule has 0 aliphatic rings. The first kappa shape index (κ1) is 19.2. The Labute approximate surface area is 164 Å². The summed E-state index contributed by atoms with van der Waals surface area (Å²) in [5.41, 5.74) is 0.994. The fourth-order valence-electron chi connectivity index (χ4n) is 2.87. The molecule has 27 heavy (non-hydrogen) atoms. The summed E-state index contributed by atoms with van der Waals surface area (Å²) in [6.45, 7) is 7.74. The minimum atomic E-state index is 0.0435. The number of rotatable bonds is 8. The van der Waals surface area contributed by atoms with Gasteiger partial charge >= 0.3 is 0 Å². The average molecular weight is 386 g/mol. The third kappa shape index (κ3) is 4.77.